The van der Waals surface area contributed by atoms with Crippen molar-refractivity contribution in [2.75, 3.05) is 6.54 Å². The molecule has 1 saturated heterocycles. The van der Waals surface area contributed by atoms with E-state index in [1.54, 1.807) is 4.90 Å². The largest absolute Gasteiger partial charge is 0.455 e. The summed E-state index contributed by atoms with van der Waals surface area (Å²) in [6, 6.07) is 5.32. The van der Waals surface area contributed by atoms with Crippen LogP contribution in [-0.4, -0.2) is 34.1 Å². The maximum absolute atomic E-state index is 12.6. The van der Waals surface area contributed by atoms with Gasteiger partial charge in [-0.15, -0.1) is 0 Å². The molecule has 1 aromatic carbocycles. The van der Waals surface area contributed by atoms with E-state index >= 15 is 0 Å². The van der Waals surface area contributed by atoms with Crippen molar-refractivity contribution in [2.45, 2.75) is 45.2 Å². The van der Waals surface area contributed by atoms with Crippen molar-refractivity contribution >= 4 is 11.8 Å². The lowest BCUT2D eigenvalue weighted by atomic mass is 9.98. The second-order valence-corrected chi connectivity index (χ2v) is 6.10. The van der Waals surface area contributed by atoms with Gasteiger partial charge in [0, 0.05) is 23.4 Å². The number of nitroso groups, excluding NO2 is 1. The number of hydrogen-bond donors (Lipinski definition) is 0. The predicted molar refractivity (Wildman–Crippen MR) is 76.9 cm³/mol. The molecule has 2 aliphatic heterocycles. The van der Waals surface area contributed by atoms with Crippen LogP contribution in [0.15, 0.2) is 18.2 Å². The van der Waals surface area contributed by atoms with Crippen molar-refractivity contribution in [2.24, 2.45) is 0 Å². The van der Waals surface area contributed by atoms with E-state index in [1.165, 1.54) is 0 Å². The predicted octanol–water partition coefficient (Wildman–Crippen LogP) is 2.23. The lowest BCUT2D eigenvalue weighted by Gasteiger charge is -2.24. The zero-order chi connectivity index (χ0) is 15.1. The van der Waals surface area contributed by atoms with Gasteiger partial charge in [0.25, 0.3) is 5.91 Å². The van der Waals surface area contributed by atoms with Crippen molar-refractivity contribution in [1.29, 1.82) is 0 Å². The van der Waals surface area contributed by atoms with Gasteiger partial charge in [-0.1, -0.05) is 26.0 Å². The molecule has 2 heterocycles. The van der Waals surface area contributed by atoms with Crippen LogP contribution in [0.2, 0.25) is 0 Å². The third kappa shape index (κ3) is 2.26. The van der Waals surface area contributed by atoms with Gasteiger partial charge >= 0.3 is 5.91 Å². The van der Waals surface area contributed by atoms with Crippen LogP contribution >= 0.6 is 0 Å². The standard InChI is InChI=1S/C16H19N2O3/c1-10(2)11-5-6-12-9-17(15(19)13(12)8-11)14-4-3-7-18(21)16(14)20/h5-6,8,10,14H,3-4,7,9H2,1-2H3/q+1. The van der Waals surface area contributed by atoms with Gasteiger partial charge < -0.3 is 4.90 Å². The average Bonchev–Trinajstić information content (AvgIpc) is 2.78. The molecule has 3 rings (SSSR count). The molecule has 0 spiro atoms. The Bertz CT molecular complexity index is 636. The monoisotopic (exact) mass is 287 g/mol. The molecule has 0 saturated carbocycles. The van der Waals surface area contributed by atoms with E-state index < -0.39 is 11.9 Å². The summed E-state index contributed by atoms with van der Waals surface area (Å²) in [7, 11) is 0. The molecule has 0 aromatic heterocycles. The van der Waals surface area contributed by atoms with Crippen LogP contribution in [0.4, 0.5) is 0 Å². The summed E-state index contributed by atoms with van der Waals surface area (Å²) in [6.45, 7) is 4.83. The normalized spacial score (nSPS) is 22.1. The molecule has 0 bridgehead atoms. The molecule has 2 amide bonds. The molecule has 110 valence electrons. The number of carbonyl (C=O) groups excluding carboxylic acids is 2. The third-order valence-corrected chi connectivity index (χ3v) is 4.38. The van der Waals surface area contributed by atoms with Gasteiger partial charge in [-0.25, -0.2) is 4.79 Å². The summed E-state index contributed by atoms with van der Waals surface area (Å²) in [4.78, 5) is 37.6. The van der Waals surface area contributed by atoms with E-state index in [0.29, 0.717) is 35.6 Å². The number of carbonyl (C=O) groups is 2. The van der Waals surface area contributed by atoms with Crippen LogP contribution in [0.5, 0.6) is 0 Å². The first kappa shape index (κ1) is 13.9. The van der Waals surface area contributed by atoms with E-state index in [1.807, 2.05) is 18.2 Å². The zero-order valence-corrected chi connectivity index (χ0v) is 12.3. The summed E-state index contributed by atoms with van der Waals surface area (Å²) >= 11 is 0. The fourth-order valence-corrected chi connectivity index (χ4v) is 3.07. The second-order valence-electron chi connectivity index (χ2n) is 6.10. The quantitative estimate of drug-likeness (QED) is 0.784. The number of piperidine rings is 1. The van der Waals surface area contributed by atoms with Gasteiger partial charge in [0.15, 0.2) is 6.04 Å². The fourth-order valence-electron chi connectivity index (χ4n) is 3.07. The molecule has 1 unspecified atom stereocenters. The van der Waals surface area contributed by atoms with Crippen LogP contribution in [0, 0.1) is 4.91 Å². The lowest BCUT2D eigenvalue weighted by Crippen LogP contribution is -2.48. The summed E-state index contributed by atoms with van der Waals surface area (Å²) in [6.07, 6.45) is 1.23. The van der Waals surface area contributed by atoms with Gasteiger partial charge in [0.05, 0.1) is 4.76 Å². The van der Waals surface area contributed by atoms with Crippen LogP contribution in [-0.2, 0) is 11.3 Å². The molecule has 1 atom stereocenters. The Morgan fingerprint density at radius 3 is 2.76 bits per heavy atom. The van der Waals surface area contributed by atoms with Crippen molar-refractivity contribution < 1.29 is 14.3 Å². The summed E-state index contributed by atoms with van der Waals surface area (Å²) in [5.74, 6) is -0.252. The molecule has 2 aliphatic rings. The van der Waals surface area contributed by atoms with Gasteiger partial charge in [-0.2, -0.15) is 0 Å². The highest BCUT2D eigenvalue weighted by Gasteiger charge is 2.45. The van der Waals surface area contributed by atoms with Crippen molar-refractivity contribution in [3.63, 3.8) is 0 Å². The highest BCUT2D eigenvalue weighted by molar-refractivity contribution is 6.00. The molecule has 0 aliphatic carbocycles. The number of benzene rings is 1. The minimum absolute atomic E-state index is 0.124. The molecule has 0 radical (unpaired) electrons. The molecule has 0 N–H and O–H groups in total. The Kier molecular flexibility index (Phi) is 3.35. The number of nitrogens with zero attached hydrogens (tertiary/aromatic N) is 2. The Morgan fingerprint density at radius 1 is 1.29 bits per heavy atom. The number of amides is 2. The minimum Gasteiger partial charge on any atom is -0.317 e. The van der Waals surface area contributed by atoms with E-state index in [0.717, 1.165) is 11.1 Å². The Balaban J connectivity index is 1.90. The van der Waals surface area contributed by atoms with Crippen LogP contribution < -0.4 is 0 Å². The van der Waals surface area contributed by atoms with Crippen LogP contribution in [0.25, 0.3) is 0 Å². The van der Waals surface area contributed by atoms with E-state index in [9.17, 15) is 14.5 Å². The zero-order valence-electron chi connectivity index (χ0n) is 12.3. The van der Waals surface area contributed by atoms with Gasteiger partial charge in [-0.05, 0) is 29.5 Å². The number of hydrogen-bond acceptors (Lipinski definition) is 3. The molecule has 5 nitrogen and oxygen atoms in total. The Morgan fingerprint density at radius 2 is 2.05 bits per heavy atom. The maximum atomic E-state index is 12.6. The van der Waals surface area contributed by atoms with E-state index in [4.69, 9.17) is 0 Å². The Labute approximate surface area is 123 Å². The van der Waals surface area contributed by atoms with Crippen LogP contribution in [0.1, 0.15) is 54.1 Å². The average molecular weight is 287 g/mol. The van der Waals surface area contributed by atoms with Crippen LogP contribution in [0.3, 0.4) is 0 Å². The molecule has 5 heteroatoms. The van der Waals surface area contributed by atoms with E-state index in [2.05, 4.69) is 13.8 Å². The van der Waals surface area contributed by atoms with Gasteiger partial charge in [0.1, 0.15) is 0 Å². The lowest BCUT2D eigenvalue weighted by molar-refractivity contribution is -0.480. The fraction of sp³-hybridized carbons (Fsp3) is 0.500. The summed E-state index contributed by atoms with van der Waals surface area (Å²) in [5, 5.41) is 0. The highest BCUT2D eigenvalue weighted by Crippen LogP contribution is 2.30. The molecular formula is C16H19N2O3+. The summed E-state index contributed by atoms with van der Waals surface area (Å²) < 4.78 is 0.490. The second kappa shape index (κ2) is 5.06. The van der Waals surface area contributed by atoms with Crippen molar-refractivity contribution in [3.05, 3.63) is 39.8 Å². The molecule has 1 aromatic rings. The SMILES string of the molecule is CC(C)c1ccc2c(c1)C(=O)N(C1CCC[N+](=O)C1=O)C2. The van der Waals surface area contributed by atoms with Gasteiger partial charge in [-0.3, -0.25) is 4.79 Å². The molecule has 21 heavy (non-hydrogen) atoms. The van der Waals surface area contributed by atoms with E-state index in [-0.39, 0.29) is 12.5 Å². The van der Waals surface area contributed by atoms with Gasteiger partial charge in [0.2, 0.25) is 6.54 Å². The van der Waals surface area contributed by atoms with Crippen molar-refractivity contribution in [1.82, 2.24) is 4.90 Å². The topological polar surface area (TPSA) is 57.5 Å². The highest BCUT2D eigenvalue weighted by atomic mass is 16.3. The third-order valence-electron chi connectivity index (χ3n) is 4.38. The smallest absolute Gasteiger partial charge is 0.317 e. The minimum atomic E-state index is -0.598. The Hall–Kier alpha value is -2.04. The molecule has 1 fully saturated rings. The number of fused-ring (bicyclic) bond motifs is 1. The maximum Gasteiger partial charge on any atom is 0.455 e. The number of rotatable bonds is 2. The first-order valence-corrected chi connectivity index (χ1v) is 7.41. The first-order valence-electron chi connectivity index (χ1n) is 7.41. The molecular weight excluding hydrogens is 268 g/mol. The summed E-state index contributed by atoms with van der Waals surface area (Å²) in [5.41, 5.74) is 2.74. The van der Waals surface area contributed by atoms with Crippen molar-refractivity contribution in [3.8, 4) is 0 Å². The first-order chi connectivity index (χ1) is 9.99.